The third kappa shape index (κ3) is 3.93. The van der Waals surface area contributed by atoms with E-state index in [4.69, 9.17) is 9.47 Å². The predicted molar refractivity (Wildman–Crippen MR) is 68.3 cm³/mol. The minimum absolute atomic E-state index is 0.0286. The van der Waals surface area contributed by atoms with Crippen molar-refractivity contribution >= 4 is 5.97 Å². The molecule has 5 heteroatoms. The Morgan fingerprint density at radius 3 is 2.72 bits per heavy atom. The fourth-order valence-electron chi connectivity index (χ4n) is 2.49. The zero-order valence-electron chi connectivity index (χ0n) is 11.8. The highest BCUT2D eigenvalue weighted by molar-refractivity contribution is 5.75. The first kappa shape index (κ1) is 15.4. The molecule has 1 aliphatic heterocycles. The molecule has 0 aliphatic carbocycles. The van der Waals surface area contributed by atoms with Gasteiger partial charge in [-0.25, -0.2) is 0 Å². The van der Waals surface area contributed by atoms with E-state index in [0.29, 0.717) is 26.1 Å². The van der Waals surface area contributed by atoms with Gasteiger partial charge in [0, 0.05) is 13.1 Å². The molecule has 1 aliphatic rings. The first-order valence-electron chi connectivity index (χ1n) is 6.62. The molecular weight excluding hydrogens is 234 g/mol. The van der Waals surface area contributed by atoms with E-state index in [1.54, 1.807) is 0 Å². The average Bonchev–Trinajstić information content (AvgIpc) is 2.28. The van der Waals surface area contributed by atoms with Crippen LogP contribution < -0.4 is 0 Å². The molecule has 0 aromatic carbocycles. The summed E-state index contributed by atoms with van der Waals surface area (Å²) in [6.07, 6.45) is 0.463. The minimum Gasteiger partial charge on any atom is -0.465 e. The van der Waals surface area contributed by atoms with Crippen LogP contribution in [0.3, 0.4) is 0 Å². The van der Waals surface area contributed by atoms with Crippen LogP contribution in [0.15, 0.2) is 0 Å². The molecule has 2 atom stereocenters. The van der Waals surface area contributed by atoms with Crippen LogP contribution in [0.1, 0.15) is 34.1 Å². The first-order chi connectivity index (χ1) is 8.43. The number of carbonyl (C=O) groups excluding carboxylic acids is 1. The number of morpholine rings is 1. The number of nitrogens with zero attached hydrogens (tertiary/aromatic N) is 1. The van der Waals surface area contributed by atoms with Gasteiger partial charge in [-0.3, -0.25) is 9.69 Å². The smallest absolute Gasteiger partial charge is 0.323 e. The fraction of sp³-hybridized carbons (Fsp3) is 0.923. The molecular formula is C13H25NO4. The maximum atomic E-state index is 11.9. The van der Waals surface area contributed by atoms with E-state index in [-0.39, 0.29) is 30.3 Å². The van der Waals surface area contributed by atoms with Crippen molar-refractivity contribution in [1.82, 2.24) is 4.90 Å². The fourth-order valence-corrected chi connectivity index (χ4v) is 2.49. The van der Waals surface area contributed by atoms with Gasteiger partial charge >= 0.3 is 5.97 Å². The van der Waals surface area contributed by atoms with Gasteiger partial charge in [-0.1, -0.05) is 6.92 Å². The van der Waals surface area contributed by atoms with Gasteiger partial charge in [0.05, 0.1) is 24.9 Å². The number of rotatable bonds is 5. The van der Waals surface area contributed by atoms with Gasteiger partial charge in [-0.05, 0) is 27.2 Å². The summed E-state index contributed by atoms with van der Waals surface area (Å²) in [6, 6.07) is -0.248. The highest BCUT2D eigenvalue weighted by atomic mass is 16.5. The van der Waals surface area contributed by atoms with Crippen molar-refractivity contribution in [2.24, 2.45) is 0 Å². The summed E-state index contributed by atoms with van der Waals surface area (Å²) in [6.45, 7) is 9.32. The first-order valence-corrected chi connectivity index (χ1v) is 6.62. The maximum Gasteiger partial charge on any atom is 0.323 e. The summed E-state index contributed by atoms with van der Waals surface area (Å²) in [7, 11) is 0. The maximum absolute atomic E-state index is 11.9. The third-order valence-corrected chi connectivity index (χ3v) is 3.10. The Morgan fingerprint density at radius 1 is 1.56 bits per heavy atom. The van der Waals surface area contributed by atoms with Crippen molar-refractivity contribution in [1.29, 1.82) is 0 Å². The van der Waals surface area contributed by atoms with E-state index in [0.717, 1.165) is 0 Å². The summed E-state index contributed by atoms with van der Waals surface area (Å²) in [5.74, 6) is -0.186. The summed E-state index contributed by atoms with van der Waals surface area (Å²) in [5.41, 5.74) is -0.356. The van der Waals surface area contributed by atoms with Gasteiger partial charge in [0.25, 0.3) is 0 Å². The van der Waals surface area contributed by atoms with E-state index in [1.165, 1.54) is 0 Å². The second-order valence-electron chi connectivity index (χ2n) is 5.29. The number of ether oxygens (including phenoxy) is 2. The molecule has 1 fully saturated rings. The second kappa shape index (κ2) is 6.50. The van der Waals surface area contributed by atoms with Gasteiger partial charge in [0.2, 0.25) is 0 Å². The Balaban J connectivity index is 2.75. The number of aliphatic hydroxyl groups is 1. The van der Waals surface area contributed by atoms with Gasteiger partial charge in [-0.2, -0.15) is 0 Å². The lowest BCUT2D eigenvalue weighted by Gasteiger charge is -2.44. The highest BCUT2D eigenvalue weighted by Gasteiger charge is 2.38. The Kier molecular flexibility index (Phi) is 5.56. The van der Waals surface area contributed by atoms with Crippen molar-refractivity contribution < 1.29 is 19.4 Å². The van der Waals surface area contributed by atoms with E-state index >= 15 is 0 Å². The Hall–Kier alpha value is -0.650. The van der Waals surface area contributed by atoms with Gasteiger partial charge < -0.3 is 14.6 Å². The summed E-state index contributed by atoms with van der Waals surface area (Å²) in [4.78, 5) is 14.0. The van der Waals surface area contributed by atoms with Crippen molar-refractivity contribution in [3.8, 4) is 0 Å². The van der Waals surface area contributed by atoms with Crippen LogP contribution in [0.2, 0.25) is 0 Å². The van der Waals surface area contributed by atoms with E-state index in [9.17, 15) is 9.90 Å². The van der Waals surface area contributed by atoms with Crippen molar-refractivity contribution in [2.45, 2.75) is 51.9 Å². The molecule has 0 saturated carbocycles. The molecule has 106 valence electrons. The zero-order valence-corrected chi connectivity index (χ0v) is 11.8. The summed E-state index contributed by atoms with van der Waals surface area (Å²) in [5, 5.41) is 9.27. The van der Waals surface area contributed by atoms with Crippen molar-refractivity contribution in [2.75, 3.05) is 26.3 Å². The SMILES string of the molecule is CCOC(=O)C(CC)N1CC(CO)OC(C)(C)C1. The minimum atomic E-state index is -0.356. The number of hydrogen-bond donors (Lipinski definition) is 1. The Bertz CT molecular complexity index is 280. The predicted octanol–water partition coefficient (Wildman–Crippen LogP) is 0.800. The summed E-state index contributed by atoms with van der Waals surface area (Å²) >= 11 is 0. The van der Waals surface area contributed by atoms with E-state index in [2.05, 4.69) is 4.90 Å². The van der Waals surface area contributed by atoms with Crippen molar-refractivity contribution in [3.05, 3.63) is 0 Å². The van der Waals surface area contributed by atoms with Crippen LogP contribution >= 0.6 is 0 Å². The topological polar surface area (TPSA) is 59.0 Å². The quantitative estimate of drug-likeness (QED) is 0.740. The molecule has 1 saturated heterocycles. The number of carbonyl (C=O) groups is 1. The monoisotopic (exact) mass is 259 g/mol. The molecule has 0 amide bonds. The normalized spacial score (nSPS) is 25.7. The lowest BCUT2D eigenvalue weighted by atomic mass is 10.0. The van der Waals surface area contributed by atoms with Crippen LogP contribution in [0.5, 0.6) is 0 Å². The van der Waals surface area contributed by atoms with E-state index < -0.39 is 0 Å². The molecule has 0 radical (unpaired) electrons. The lowest BCUT2D eigenvalue weighted by Crippen LogP contribution is -2.58. The molecule has 0 aromatic rings. The molecule has 2 unspecified atom stereocenters. The molecule has 0 bridgehead atoms. The molecule has 1 heterocycles. The van der Waals surface area contributed by atoms with Gasteiger partial charge in [0.15, 0.2) is 0 Å². The van der Waals surface area contributed by atoms with Crippen LogP contribution in [0, 0.1) is 0 Å². The van der Waals surface area contributed by atoms with Crippen LogP contribution in [-0.2, 0) is 14.3 Å². The van der Waals surface area contributed by atoms with Crippen LogP contribution in [0.25, 0.3) is 0 Å². The third-order valence-electron chi connectivity index (χ3n) is 3.10. The number of aliphatic hydroxyl groups excluding tert-OH is 1. The van der Waals surface area contributed by atoms with E-state index in [1.807, 2.05) is 27.7 Å². The lowest BCUT2D eigenvalue weighted by molar-refractivity contribution is -0.172. The van der Waals surface area contributed by atoms with Gasteiger partial charge in [-0.15, -0.1) is 0 Å². The molecule has 1 rings (SSSR count). The highest BCUT2D eigenvalue weighted by Crippen LogP contribution is 2.23. The number of esters is 1. The molecule has 18 heavy (non-hydrogen) atoms. The summed E-state index contributed by atoms with van der Waals surface area (Å²) < 4.78 is 10.8. The van der Waals surface area contributed by atoms with Crippen LogP contribution in [0.4, 0.5) is 0 Å². The second-order valence-corrected chi connectivity index (χ2v) is 5.29. The van der Waals surface area contributed by atoms with Crippen molar-refractivity contribution in [3.63, 3.8) is 0 Å². The molecule has 0 spiro atoms. The number of hydrogen-bond acceptors (Lipinski definition) is 5. The zero-order chi connectivity index (χ0) is 13.8. The Labute approximate surface area is 109 Å². The molecule has 0 aromatic heterocycles. The Morgan fingerprint density at radius 2 is 2.22 bits per heavy atom. The largest absolute Gasteiger partial charge is 0.465 e. The molecule has 1 N–H and O–H groups in total. The standard InChI is InChI=1S/C13H25NO4/c1-5-11(12(16)17-6-2)14-7-10(8-15)18-13(3,4)9-14/h10-11,15H,5-9H2,1-4H3. The average molecular weight is 259 g/mol. The molecule has 5 nitrogen and oxygen atoms in total. The van der Waals surface area contributed by atoms with Crippen LogP contribution in [-0.4, -0.2) is 60.0 Å². The van der Waals surface area contributed by atoms with Gasteiger partial charge in [0.1, 0.15) is 6.04 Å².